The van der Waals surface area contributed by atoms with Gasteiger partial charge in [0.15, 0.2) is 0 Å². The lowest BCUT2D eigenvalue weighted by atomic mass is 9.94. The Hall–Kier alpha value is -0.0800. The largest absolute Gasteiger partial charge is 0.328 e. The van der Waals surface area contributed by atoms with E-state index in [1.54, 1.807) is 0 Å². The molecule has 0 radical (unpaired) electrons. The maximum Gasteiger partial charge on any atom is 0.00816 e. The highest BCUT2D eigenvalue weighted by atomic mass is 15.0. The summed E-state index contributed by atoms with van der Waals surface area (Å²) >= 11 is 0. The highest BCUT2D eigenvalue weighted by Gasteiger charge is 2.21. The van der Waals surface area contributed by atoms with E-state index < -0.39 is 0 Å². The Bertz CT molecular complexity index is 93.4. The predicted octanol–water partition coefficient (Wildman–Crippen LogP) is 0.864. The average Bonchev–Trinajstić information content (AvgIpc) is 1.85. The molecular weight excluding hydrogens is 124 g/mol. The monoisotopic (exact) mass is 142 g/mol. The van der Waals surface area contributed by atoms with Gasteiger partial charge in [0.2, 0.25) is 0 Å². The first-order valence-electron chi connectivity index (χ1n) is 4.24. The Morgan fingerprint density at radius 3 is 2.70 bits per heavy atom. The molecule has 60 valence electrons. The molecule has 1 aliphatic heterocycles. The molecule has 1 heterocycles. The molecule has 0 bridgehead atoms. The topological polar surface area (TPSA) is 38.0 Å². The maximum atomic E-state index is 5.85. The molecule has 2 heteroatoms. The zero-order valence-corrected chi connectivity index (χ0v) is 6.93. The molecule has 0 unspecified atom stereocenters. The number of hydrogen-bond acceptors (Lipinski definition) is 2. The quantitative estimate of drug-likeness (QED) is 0.570. The van der Waals surface area contributed by atoms with Crippen molar-refractivity contribution in [3.8, 4) is 0 Å². The summed E-state index contributed by atoms with van der Waals surface area (Å²) in [4.78, 5) is 0. The van der Waals surface area contributed by atoms with Crippen LogP contribution in [0.4, 0.5) is 0 Å². The third kappa shape index (κ3) is 1.96. The molecule has 1 rings (SSSR count). The van der Waals surface area contributed by atoms with Gasteiger partial charge in [0.25, 0.3) is 0 Å². The van der Waals surface area contributed by atoms with Crippen LogP contribution in [0.1, 0.15) is 33.1 Å². The summed E-state index contributed by atoms with van der Waals surface area (Å²) in [5, 5.41) is 3.52. The van der Waals surface area contributed by atoms with Crippen LogP contribution in [0.2, 0.25) is 0 Å². The van der Waals surface area contributed by atoms with Gasteiger partial charge in [-0.15, -0.1) is 0 Å². The highest BCUT2D eigenvalue weighted by Crippen LogP contribution is 2.13. The smallest absolute Gasteiger partial charge is 0.00816 e. The zero-order chi connectivity index (χ0) is 7.56. The lowest BCUT2D eigenvalue weighted by Crippen LogP contribution is -2.48. The van der Waals surface area contributed by atoms with Crippen LogP contribution < -0.4 is 11.1 Å². The van der Waals surface area contributed by atoms with E-state index in [1.807, 2.05) is 0 Å². The molecule has 0 saturated carbocycles. The standard InChI is InChI=1S/C8H18N2/c1-3-8-5-7(9)4-6(2)10-8/h6-8,10H,3-5,9H2,1-2H3/t6-,7-,8+/m0/s1. The van der Waals surface area contributed by atoms with Crippen molar-refractivity contribution in [3.63, 3.8) is 0 Å². The van der Waals surface area contributed by atoms with Crippen LogP contribution >= 0.6 is 0 Å². The molecule has 0 aromatic rings. The average molecular weight is 142 g/mol. The van der Waals surface area contributed by atoms with Crippen LogP contribution in [0.3, 0.4) is 0 Å². The molecule has 0 aromatic carbocycles. The molecule has 2 nitrogen and oxygen atoms in total. The molecular formula is C8H18N2. The van der Waals surface area contributed by atoms with Gasteiger partial charge in [0.05, 0.1) is 0 Å². The minimum atomic E-state index is 0.432. The second-order valence-electron chi connectivity index (χ2n) is 3.40. The maximum absolute atomic E-state index is 5.85. The Labute approximate surface area is 63.2 Å². The van der Waals surface area contributed by atoms with Gasteiger partial charge < -0.3 is 11.1 Å². The molecule has 10 heavy (non-hydrogen) atoms. The summed E-state index contributed by atoms with van der Waals surface area (Å²) < 4.78 is 0. The van der Waals surface area contributed by atoms with Crippen molar-refractivity contribution in [1.29, 1.82) is 0 Å². The second kappa shape index (κ2) is 3.35. The summed E-state index contributed by atoms with van der Waals surface area (Å²) in [6, 6.07) is 1.72. The van der Waals surface area contributed by atoms with Crippen LogP contribution in [0, 0.1) is 0 Å². The van der Waals surface area contributed by atoms with E-state index in [1.165, 1.54) is 6.42 Å². The summed E-state index contributed by atoms with van der Waals surface area (Å²) in [6.45, 7) is 4.42. The summed E-state index contributed by atoms with van der Waals surface area (Å²) in [6.07, 6.45) is 3.50. The number of hydrogen-bond donors (Lipinski definition) is 2. The third-order valence-corrected chi connectivity index (χ3v) is 2.26. The summed E-state index contributed by atoms with van der Waals surface area (Å²) in [5.41, 5.74) is 5.85. The van der Waals surface area contributed by atoms with Crippen molar-refractivity contribution < 1.29 is 0 Å². The van der Waals surface area contributed by atoms with Gasteiger partial charge in [-0.25, -0.2) is 0 Å². The molecule has 1 aliphatic rings. The van der Waals surface area contributed by atoms with Gasteiger partial charge in [0.1, 0.15) is 0 Å². The van der Waals surface area contributed by atoms with E-state index in [2.05, 4.69) is 19.2 Å². The Morgan fingerprint density at radius 2 is 2.20 bits per heavy atom. The number of piperidine rings is 1. The summed E-state index contributed by atoms with van der Waals surface area (Å²) in [5.74, 6) is 0. The second-order valence-corrected chi connectivity index (χ2v) is 3.40. The van der Waals surface area contributed by atoms with Gasteiger partial charge >= 0.3 is 0 Å². The van der Waals surface area contributed by atoms with E-state index in [9.17, 15) is 0 Å². The first-order valence-corrected chi connectivity index (χ1v) is 4.24. The van der Waals surface area contributed by atoms with Crippen LogP contribution in [0.5, 0.6) is 0 Å². The molecule has 0 aliphatic carbocycles. The van der Waals surface area contributed by atoms with Crippen molar-refractivity contribution >= 4 is 0 Å². The van der Waals surface area contributed by atoms with Gasteiger partial charge in [-0.1, -0.05) is 6.92 Å². The van der Waals surface area contributed by atoms with Crippen LogP contribution in [0.25, 0.3) is 0 Å². The Kier molecular flexibility index (Phi) is 2.69. The van der Waals surface area contributed by atoms with Gasteiger partial charge in [-0.05, 0) is 26.2 Å². The third-order valence-electron chi connectivity index (χ3n) is 2.26. The van der Waals surface area contributed by atoms with E-state index in [0.717, 1.165) is 12.8 Å². The Morgan fingerprint density at radius 1 is 1.50 bits per heavy atom. The van der Waals surface area contributed by atoms with Crippen molar-refractivity contribution in [2.75, 3.05) is 0 Å². The SMILES string of the molecule is CC[C@@H]1C[C@@H](N)C[C@H](C)N1. The molecule has 1 saturated heterocycles. The van der Waals surface area contributed by atoms with Crippen molar-refractivity contribution in [2.24, 2.45) is 5.73 Å². The van der Waals surface area contributed by atoms with Crippen molar-refractivity contribution in [2.45, 2.75) is 51.2 Å². The van der Waals surface area contributed by atoms with Gasteiger partial charge in [0, 0.05) is 18.1 Å². The predicted molar refractivity (Wildman–Crippen MR) is 43.9 cm³/mol. The number of nitrogens with two attached hydrogens (primary N) is 1. The number of nitrogens with one attached hydrogen (secondary N) is 1. The molecule has 3 N–H and O–H groups in total. The van der Waals surface area contributed by atoms with Gasteiger partial charge in [-0.2, -0.15) is 0 Å². The minimum absolute atomic E-state index is 0.432. The van der Waals surface area contributed by atoms with E-state index in [0.29, 0.717) is 18.1 Å². The highest BCUT2D eigenvalue weighted by molar-refractivity contribution is 4.83. The molecule has 3 atom stereocenters. The summed E-state index contributed by atoms with van der Waals surface area (Å²) in [7, 11) is 0. The first-order chi connectivity index (χ1) is 4.72. The fourth-order valence-electron chi connectivity index (χ4n) is 1.74. The lowest BCUT2D eigenvalue weighted by molar-refractivity contribution is 0.297. The normalized spacial score (nSPS) is 41.7. The molecule has 0 aromatic heterocycles. The zero-order valence-electron chi connectivity index (χ0n) is 6.93. The Balaban J connectivity index is 2.35. The lowest BCUT2D eigenvalue weighted by Gasteiger charge is -2.32. The van der Waals surface area contributed by atoms with Crippen LogP contribution in [-0.4, -0.2) is 18.1 Å². The van der Waals surface area contributed by atoms with Crippen molar-refractivity contribution in [3.05, 3.63) is 0 Å². The van der Waals surface area contributed by atoms with Crippen LogP contribution in [-0.2, 0) is 0 Å². The van der Waals surface area contributed by atoms with Gasteiger partial charge in [-0.3, -0.25) is 0 Å². The van der Waals surface area contributed by atoms with Crippen LogP contribution in [0.15, 0.2) is 0 Å². The fraction of sp³-hybridized carbons (Fsp3) is 1.00. The number of rotatable bonds is 1. The minimum Gasteiger partial charge on any atom is -0.328 e. The molecule has 0 amide bonds. The van der Waals surface area contributed by atoms with E-state index in [4.69, 9.17) is 5.73 Å². The molecule has 0 spiro atoms. The van der Waals surface area contributed by atoms with E-state index >= 15 is 0 Å². The fourth-order valence-corrected chi connectivity index (χ4v) is 1.74. The first kappa shape index (κ1) is 8.02. The van der Waals surface area contributed by atoms with Crippen molar-refractivity contribution in [1.82, 2.24) is 5.32 Å². The van der Waals surface area contributed by atoms with E-state index in [-0.39, 0.29) is 0 Å². The molecule has 1 fully saturated rings.